The molecule has 0 unspecified atom stereocenters. The number of nitrogens with zero attached hydrogens (tertiary/aromatic N) is 1. The van der Waals surface area contributed by atoms with Crippen molar-refractivity contribution in [3.8, 4) is 33.4 Å². The normalized spacial score (nSPS) is 13.1. The van der Waals surface area contributed by atoms with Crippen LogP contribution in [0.4, 0.5) is 17.1 Å². The maximum absolute atomic E-state index is 6.83. The lowest BCUT2D eigenvalue weighted by atomic mass is 9.82. The maximum Gasteiger partial charge on any atom is 0.159 e. The van der Waals surface area contributed by atoms with Gasteiger partial charge in [-0.05, 0) is 86.1 Å². The second-order valence-electron chi connectivity index (χ2n) is 14.1. The third-order valence-corrected chi connectivity index (χ3v) is 10.9. The van der Waals surface area contributed by atoms with E-state index < -0.39 is 0 Å². The number of rotatable bonds is 5. The fraction of sp³-hybridized carbons (Fsp3) is 0.0612. The number of anilines is 3. The molecule has 9 aromatic rings. The van der Waals surface area contributed by atoms with Crippen molar-refractivity contribution >= 4 is 49.8 Å². The minimum atomic E-state index is -0.120. The first kappa shape index (κ1) is 29.5. The smallest absolute Gasteiger partial charge is 0.159 e. The first-order valence-electron chi connectivity index (χ1n) is 17.7. The lowest BCUT2D eigenvalue weighted by Crippen LogP contribution is -2.16. The molecule has 0 N–H and O–H groups in total. The van der Waals surface area contributed by atoms with Crippen LogP contribution in [-0.2, 0) is 5.41 Å². The Labute approximate surface area is 297 Å². The summed E-state index contributed by atoms with van der Waals surface area (Å²) in [7, 11) is 0. The van der Waals surface area contributed by atoms with Gasteiger partial charge < -0.3 is 9.32 Å². The number of benzene rings is 8. The van der Waals surface area contributed by atoms with Crippen LogP contribution in [0.1, 0.15) is 25.0 Å². The van der Waals surface area contributed by atoms with Crippen LogP contribution in [0, 0.1) is 0 Å². The molecule has 1 aromatic heterocycles. The predicted octanol–water partition coefficient (Wildman–Crippen LogP) is 13.8. The van der Waals surface area contributed by atoms with Crippen molar-refractivity contribution in [2.45, 2.75) is 19.3 Å². The molecule has 0 saturated carbocycles. The van der Waals surface area contributed by atoms with Gasteiger partial charge in [0.2, 0.25) is 0 Å². The number of fused-ring (bicyclic) bond motifs is 7. The van der Waals surface area contributed by atoms with E-state index in [1.165, 1.54) is 55.3 Å². The number of hydrogen-bond donors (Lipinski definition) is 0. The molecular formula is C49H35NO. The molecule has 0 radical (unpaired) electrons. The average molecular weight is 654 g/mol. The summed E-state index contributed by atoms with van der Waals surface area (Å²) in [4.78, 5) is 2.41. The van der Waals surface area contributed by atoms with Gasteiger partial charge in [-0.3, -0.25) is 0 Å². The van der Waals surface area contributed by atoms with E-state index in [4.69, 9.17) is 4.42 Å². The molecule has 0 aliphatic heterocycles. The lowest BCUT2D eigenvalue weighted by molar-refractivity contribution is 0.660. The Morgan fingerprint density at radius 2 is 1.10 bits per heavy atom. The molecule has 1 aliphatic carbocycles. The molecule has 0 saturated heterocycles. The van der Waals surface area contributed by atoms with Gasteiger partial charge in [-0.15, -0.1) is 0 Å². The number of hydrogen-bond acceptors (Lipinski definition) is 2. The molecule has 0 fully saturated rings. The molecule has 10 rings (SSSR count). The molecule has 0 spiro atoms. The van der Waals surface area contributed by atoms with Crippen molar-refractivity contribution in [3.63, 3.8) is 0 Å². The van der Waals surface area contributed by atoms with Crippen LogP contribution in [0.15, 0.2) is 180 Å². The topological polar surface area (TPSA) is 16.4 Å². The number of furan rings is 1. The van der Waals surface area contributed by atoms with Crippen LogP contribution < -0.4 is 4.90 Å². The summed E-state index contributed by atoms with van der Waals surface area (Å²) >= 11 is 0. The first-order valence-corrected chi connectivity index (χ1v) is 17.7. The Balaban J connectivity index is 1.21. The Morgan fingerprint density at radius 1 is 0.451 bits per heavy atom. The summed E-state index contributed by atoms with van der Waals surface area (Å²) in [5.41, 5.74) is 14.9. The van der Waals surface area contributed by atoms with E-state index in [0.29, 0.717) is 0 Å². The molecule has 51 heavy (non-hydrogen) atoms. The average Bonchev–Trinajstić information content (AvgIpc) is 3.68. The highest BCUT2D eigenvalue weighted by Gasteiger charge is 2.38. The Morgan fingerprint density at radius 3 is 1.98 bits per heavy atom. The van der Waals surface area contributed by atoms with Gasteiger partial charge in [0.15, 0.2) is 5.58 Å². The highest BCUT2D eigenvalue weighted by Crippen LogP contribution is 2.55. The van der Waals surface area contributed by atoms with Gasteiger partial charge in [-0.2, -0.15) is 0 Å². The van der Waals surface area contributed by atoms with Crippen molar-refractivity contribution in [3.05, 3.63) is 187 Å². The van der Waals surface area contributed by atoms with E-state index in [-0.39, 0.29) is 5.41 Å². The second-order valence-corrected chi connectivity index (χ2v) is 14.1. The van der Waals surface area contributed by atoms with E-state index in [1.807, 2.05) is 0 Å². The van der Waals surface area contributed by atoms with Gasteiger partial charge in [0.05, 0.1) is 11.4 Å². The van der Waals surface area contributed by atoms with Crippen LogP contribution in [0.25, 0.3) is 66.1 Å². The van der Waals surface area contributed by atoms with Crippen molar-refractivity contribution < 1.29 is 4.42 Å². The van der Waals surface area contributed by atoms with Crippen molar-refractivity contribution in [1.29, 1.82) is 0 Å². The molecular weight excluding hydrogens is 619 g/mol. The molecule has 0 bridgehead atoms. The monoisotopic (exact) mass is 653 g/mol. The maximum atomic E-state index is 6.83. The summed E-state index contributed by atoms with van der Waals surface area (Å²) in [6.45, 7) is 4.68. The lowest BCUT2D eigenvalue weighted by Gasteiger charge is -2.29. The van der Waals surface area contributed by atoms with Crippen LogP contribution in [0.3, 0.4) is 0 Å². The summed E-state index contributed by atoms with van der Waals surface area (Å²) in [5.74, 6) is 0. The van der Waals surface area contributed by atoms with E-state index >= 15 is 0 Å². The Kier molecular flexibility index (Phi) is 6.56. The highest BCUT2D eigenvalue weighted by atomic mass is 16.3. The SMILES string of the molecule is CC1(C)c2ccccc2-c2c(N(c3ccc(-c4cccc5ccccc45)cc3)c3cccc4c3oc3ccc(-c5ccccc5)cc34)cccc21. The molecule has 2 nitrogen and oxygen atoms in total. The molecule has 1 aliphatic rings. The van der Waals surface area contributed by atoms with E-state index in [9.17, 15) is 0 Å². The van der Waals surface area contributed by atoms with Crippen LogP contribution in [0.5, 0.6) is 0 Å². The van der Waals surface area contributed by atoms with Gasteiger partial charge in [0, 0.05) is 27.4 Å². The first-order chi connectivity index (χ1) is 25.1. The van der Waals surface area contributed by atoms with Gasteiger partial charge in [-0.1, -0.05) is 153 Å². The van der Waals surface area contributed by atoms with Crippen LogP contribution >= 0.6 is 0 Å². The van der Waals surface area contributed by atoms with Crippen molar-refractivity contribution in [2.75, 3.05) is 4.90 Å². The zero-order valence-corrected chi connectivity index (χ0v) is 28.6. The quantitative estimate of drug-likeness (QED) is 0.184. The van der Waals surface area contributed by atoms with Gasteiger partial charge in [0.1, 0.15) is 5.58 Å². The van der Waals surface area contributed by atoms with E-state index in [1.54, 1.807) is 0 Å². The third kappa shape index (κ3) is 4.57. The van der Waals surface area contributed by atoms with E-state index in [0.717, 1.165) is 39.0 Å². The van der Waals surface area contributed by atoms with Crippen LogP contribution in [-0.4, -0.2) is 0 Å². The van der Waals surface area contributed by atoms with Gasteiger partial charge >= 0.3 is 0 Å². The Bertz CT molecular complexity index is 2770. The standard InChI is InChI=1S/C49H35NO/c1-49(2)42-21-9-8-18-40(42)47-43(49)22-12-23-44(47)50(36-28-25-34(26-29-36)38-19-10-16-33-15-6-7-17-37(33)38)45-24-11-20-39-41-31-35(32-13-4-3-5-14-32)27-30-46(41)51-48(39)45/h3-31H,1-2H3. The summed E-state index contributed by atoms with van der Waals surface area (Å²) in [6.07, 6.45) is 0. The molecule has 1 heterocycles. The summed E-state index contributed by atoms with van der Waals surface area (Å²) in [6, 6.07) is 63.5. The van der Waals surface area contributed by atoms with Gasteiger partial charge in [-0.25, -0.2) is 0 Å². The molecule has 0 amide bonds. The van der Waals surface area contributed by atoms with E-state index in [2.05, 4.69) is 195 Å². The summed E-state index contributed by atoms with van der Waals surface area (Å²) < 4.78 is 6.83. The molecule has 8 aromatic carbocycles. The minimum Gasteiger partial charge on any atom is -0.454 e. The van der Waals surface area contributed by atoms with Crippen molar-refractivity contribution in [1.82, 2.24) is 0 Å². The molecule has 242 valence electrons. The molecule has 2 heteroatoms. The zero-order valence-electron chi connectivity index (χ0n) is 28.6. The predicted molar refractivity (Wildman–Crippen MR) is 214 cm³/mol. The number of para-hydroxylation sites is 1. The minimum absolute atomic E-state index is 0.120. The fourth-order valence-corrected chi connectivity index (χ4v) is 8.37. The van der Waals surface area contributed by atoms with Crippen LogP contribution in [0.2, 0.25) is 0 Å². The zero-order chi connectivity index (χ0) is 34.1. The van der Waals surface area contributed by atoms with Crippen molar-refractivity contribution in [2.24, 2.45) is 0 Å². The Hall–Kier alpha value is -6.38. The fourth-order valence-electron chi connectivity index (χ4n) is 8.37. The highest BCUT2D eigenvalue weighted by molar-refractivity contribution is 6.12. The summed E-state index contributed by atoms with van der Waals surface area (Å²) in [5, 5.41) is 4.72. The molecule has 0 atom stereocenters. The second kappa shape index (κ2) is 11.3. The van der Waals surface area contributed by atoms with Gasteiger partial charge in [0.25, 0.3) is 0 Å². The largest absolute Gasteiger partial charge is 0.454 e. The third-order valence-electron chi connectivity index (χ3n) is 10.9.